The number of aromatic nitrogens is 3. The van der Waals surface area contributed by atoms with Crippen molar-refractivity contribution in [3.63, 3.8) is 0 Å². The lowest BCUT2D eigenvalue weighted by molar-refractivity contribution is 0.195. The summed E-state index contributed by atoms with van der Waals surface area (Å²) in [5.41, 5.74) is 1.96. The summed E-state index contributed by atoms with van der Waals surface area (Å²) in [7, 11) is 0. The first-order valence-corrected chi connectivity index (χ1v) is 9.71. The summed E-state index contributed by atoms with van der Waals surface area (Å²) < 4.78 is 0. The number of nitrogens with one attached hydrogen (secondary N) is 1. The first-order valence-electron chi connectivity index (χ1n) is 9.71. The van der Waals surface area contributed by atoms with Crippen LogP contribution in [-0.4, -0.2) is 52.1 Å². The molecule has 1 aliphatic heterocycles. The molecule has 1 saturated heterocycles. The molecule has 3 heterocycles. The van der Waals surface area contributed by atoms with Crippen molar-refractivity contribution < 1.29 is 4.79 Å². The molecule has 2 aromatic heterocycles. The molecule has 7 heteroatoms. The van der Waals surface area contributed by atoms with Crippen molar-refractivity contribution in [3.8, 4) is 0 Å². The highest BCUT2D eigenvalue weighted by Crippen LogP contribution is 2.40. The van der Waals surface area contributed by atoms with E-state index < -0.39 is 0 Å². The van der Waals surface area contributed by atoms with E-state index in [1.165, 1.54) is 0 Å². The number of carbonyl (C=O) groups excluding carboxylic acids is 1. The molecule has 2 aliphatic rings. The quantitative estimate of drug-likeness (QED) is 0.900. The molecular formula is C20H26N6O. The van der Waals surface area contributed by atoms with Gasteiger partial charge in [-0.3, -0.25) is 4.98 Å². The van der Waals surface area contributed by atoms with E-state index in [2.05, 4.69) is 25.2 Å². The van der Waals surface area contributed by atoms with E-state index >= 15 is 0 Å². The molecule has 1 aliphatic carbocycles. The predicted octanol–water partition coefficient (Wildman–Crippen LogP) is 2.55. The highest BCUT2D eigenvalue weighted by molar-refractivity contribution is 5.75. The molecule has 1 atom stereocenters. The van der Waals surface area contributed by atoms with Gasteiger partial charge in [0.1, 0.15) is 0 Å². The van der Waals surface area contributed by atoms with Crippen molar-refractivity contribution in [2.24, 2.45) is 5.92 Å². The van der Waals surface area contributed by atoms with Crippen LogP contribution in [0.3, 0.4) is 0 Å². The van der Waals surface area contributed by atoms with Gasteiger partial charge in [0.15, 0.2) is 0 Å². The average Bonchev–Trinajstić information content (AvgIpc) is 3.53. The van der Waals surface area contributed by atoms with Crippen LogP contribution in [0.25, 0.3) is 0 Å². The largest absolute Gasteiger partial charge is 0.339 e. The van der Waals surface area contributed by atoms with Crippen molar-refractivity contribution in [3.05, 3.63) is 48.0 Å². The minimum absolute atomic E-state index is 0.00559. The van der Waals surface area contributed by atoms with Crippen molar-refractivity contribution >= 4 is 12.0 Å². The first-order chi connectivity index (χ1) is 13.2. The van der Waals surface area contributed by atoms with E-state index in [0.717, 1.165) is 56.2 Å². The molecule has 7 nitrogen and oxygen atoms in total. The number of aryl methyl sites for hydroxylation is 1. The molecule has 0 spiro atoms. The molecule has 142 valence electrons. The van der Waals surface area contributed by atoms with Gasteiger partial charge >= 0.3 is 6.03 Å². The predicted molar refractivity (Wildman–Crippen MR) is 103 cm³/mol. The highest BCUT2D eigenvalue weighted by atomic mass is 16.2. The second kappa shape index (κ2) is 7.90. The molecule has 2 amide bonds. The summed E-state index contributed by atoms with van der Waals surface area (Å²) in [6, 6.07) is 7.86. The molecule has 27 heavy (non-hydrogen) atoms. The number of hydrogen-bond donors (Lipinski definition) is 1. The zero-order valence-electron chi connectivity index (χ0n) is 15.7. The summed E-state index contributed by atoms with van der Waals surface area (Å²) in [6.07, 6.45) is 6.72. The Kier molecular flexibility index (Phi) is 5.18. The van der Waals surface area contributed by atoms with Crippen LogP contribution in [0.2, 0.25) is 0 Å². The summed E-state index contributed by atoms with van der Waals surface area (Å²) >= 11 is 0. The number of hydrogen-bond acceptors (Lipinski definition) is 5. The number of anilines is 1. The van der Waals surface area contributed by atoms with Crippen LogP contribution >= 0.6 is 0 Å². The molecule has 4 rings (SSSR count). The van der Waals surface area contributed by atoms with Crippen molar-refractivity contribution in [1.29, 1.82) is 0 Å². The molecule has 0 bridgehead atoms. The number of amides is 2. The van der Waals surface area contributed by atoms with Gasteiger partial charge in [0, 0.05) is 44.3 Å². The van der Waals surface area contributed by atoms with Crippen LogP contribution < -0.4 is 10.2 Å². The van der Waals surface area contributed by atoms with Gasteiger partial charge in [0.2, 0.25) is 5.95 Å². The van der Waals surface area contributed by atoms with Crippen LogP contribution in [0.15, 0.2) is 36.7 Å². The number of pyridine rings is 1. The van der Waals surface area contributed by atoms with Crippen molar-refractivity contribution in [2.45, 2.75) is 32.2 Å². The Hall–Kier alpha value is -2.70. The minimum Gasteiger partial charge on any atom is -0.339 e. The van der Waals surface area contributed by atoms with Gasteiger partial charge < -0.3 is 15.1 Å². The summed E-state index contributed by atoms with van der Waals surface area (Å²) in [6.45, 7) is 5.01. The van der Waals surface area contributed by atoms with Crippen LogP contribution in [0.4, 0.5) is 10.7 Å². The van der Waals surface area contributed by atoms with Gasteiger partial charge in [-0.2, -0.15) is 0 Å². The first kappa shape index (κ1) is 17.7. The highest BCUT2D eigenvalue weighted by Gasteiger charge is 2.35. The molecule has 1 unspecified atom stereocenters. The summed E-state index contributed by atoms with van der Waals surface area (Å²) in [4.78, 5) is 30.3. The maximum Gasteiger partial charge on any atom is 0.318 e. The summed E-state index contributed by atoms with van der Waals surface area (Å²) in [5.74, 6) is 1.24. The van der Waals surface area contributed by atoms with Gasteiger partial charge in [-0.25, -0.2) is 14.8 Å². The average molecular weight is 366 g/mol. The third-order valence-electron chi connectivity index (χ3n) is 5.22. The Morgan fingerprint density at radius 2 is 1.93 bits per heavy atom. The SMILES string of the molecule is Cc1cccc(C(NC(=O)N2CCCN(c3ncccn3)CC2)C2CC2)n1. The van der Waals surface area contributed by atoms with E-state index in [4.69, 9.17) is 0 Å². The molecule has 2 fully saturated rings. The fourth-order valence-electron chi connectivity index (χ4n) is 3.60. The van der Waals surface area contributed by atoms with E-state index in [9.17, 15) is 4.79 Å². The number of nitrogens with zero attached hydrogens (tertiary/aromatic N) is 5. The zero-order valence-corrected chi connectivity index (χ0v) is 15.7. The monoisotopic (exact) mass is 366 g/mol. The molecular weight excluding hydrogens is 340 g/mol. The van der Waals surface area contributed by atoms with E-state index in [1.54, 1.807) is 12.4 Å². The summed E-state index contributed by atoms with van der Waals surface area (Å²) in [5, 5.41) is 3.25. The third kappa shape index (κ3) is 4.35. The van der Waals surface area contributed by atoms with Crippen LogP contribution in [-0.2, 0) is 0 Å². The van der Waals surface area contributed by atoms with E-state index in [1.807, 2.05) is 36.1 Å². The minimum atomic E-state index is 0.00559. The lowest BCUT2D eigenvalue weighted by Crippen LogP contribution is -2.44. The zero-order chi connectivity index (χ0) is 18.6. The molecule has 0 radical (unpaired) electrons. The molecule has 0 aromatic carbocycles. The topological polar surface area (TPSA) is 74.2 Å². The Morgan fingerprint density at radius 1 is 1.11 bits per heavy atom. The van der Waals surface area contributed by atoms with Crippen molar-refractivity contribution in [1.82, 2.24) is 25.2 Å². The van der Waals surface area contributed by atoms with Gasteiger partial charge in [-0.1, -0.05) is 6.07 Å². The maximum absolute atomic E-state index is 12.9. The standard InChI is InChI=1S/C20H26N6O/c1-15-5-2-6-17(23-15)18(16-7-8-16)24-20(27)26-12-4-11-25(13-14-26)19-21-9-3-10-22-19/h2-3,5-6,9-10,16,18H,4,7-8,11-14H2,1H3,(H,24,27). The maximum atomic E-state index is 12.9. The Labute approximate surface area is 159 Å². The molecule has 1 N–H and O–H groups in total. The van der Waals surface area contributed by atoms with Gasteiger partial charge in [0.05, 0.1) is 11.7 Å². The normalized spacial score (nSPS) is 18.7. The van der Waals surface area contributed by atoms with Crippen molar-refractivity contribution in [2.75, 3.05) is 31.1 Å². The van der Waals surface area contributed by atoms with E-state index in [-0.39, 0.29) is 12.1 Å². The fourth-order valence-corrected chi connectivity index (χ4v) is 3.60. The molecule has 2 aromatic rings. The number of carbonyl (C=O) groups is 1. The lowest BCUT2D eigenvalue weighted by atomic mass is 10.1. The third-order valence-corrected chi connectivity index (χ3v) is 5.22. The van der Waals surface area contributed by atoms with Crippen LogP contribution in [0.5, 0.6) is 0 Å². The Bertz CT molecular complexity index is 779. The second-order valence-electron chi connectivity index (χ2n) is 7.34. The van der Waals surface area contributed by atoms with E-state index in [0.29, 0.717) is 12.5 Å². The molecule has 1 saturated carbocycles. The second-order valence-corrected chi connectivity index (χ2v) is 7.34. The van der Waals surface area contributed by atoms with Gasteiger partial charge in [-0.15, -0.1) is 0 Å². The number of urea groups is 1. The smallest absolute Gasteiger partial charge is 0.318 e. The van der Waals surface area contributed by atoms with Crippen LogP contribution in [0, 0.1) is 12.8 Å². The Balaban J connectivity index is 1.40. The van der Waals surface area contributed by atoms with Gasteiger partial charge in [-0.05, 0) is 50.3 Å². The fraction of sp³-hybridized carbons (Fsp3) is 0.500. The Morgan fingerprint density at radius 3 is 2.67 bits per heavy atom. The number of rotatable bonds is 4. The van der Waals surface area contributed by atoms with Gasteiger partial charge in [0.25, 0.3) is 0 Å². The lowest BCUT2D eigenvalue weighted by Gasteiger charge is -2.25. The van der Waals surface area contributed by atoms with Crippen LogP contribution in [0.1, 0.15) is 36.7 Å².